The summed E-state index contributed by atoms with van der Waals surface area (Å²) < 4.78 is 10.4. The maximum absolute atomic E-state index is 12.0. The molecule has 1 rings (SSSR count). The van der Waals surface area contributed by atoms with Crippen molar-refractivity contribution < 1.29 is 19.1 Å². The summed E-state index contributed by atoms with van der Waals surface area (Å²) in [4.78, 5) is 24.0. The van der Waals surface area contributed by atoms with E-state index in [1.54, 1.807) is 18.2 Å². The molecule has 0 bridgehead atoms. The van der Waals surface area contributed by atoms with Crippen LogP contribution < -0.4 is 0 Å². The van der Waals surface area contributed by atoms with E-state index in [9.17, 15) is 9.59 Å². The van der Waals surface area contributed by atoms with Crippen LogP contribution in [0.3, 0.4) is 0 Å². The molecule has 0 aromatic heterocycles. The molecule has 0 unspecified atom stereocenters. The normalized spacial score (nSPS) is 11.0. The van der Waals surface area contributed by atoms with E-state index in [1.807, 2.05) is 12.2 Å². The highest BCUT2D eigenvalue weighted by atomic mass is 16.5. The quantitative estimate of drug-likeness (QED) is 0.351. The van der Waals surface area contributed by atoms with Crippen LogP contribution in [0.4, 0.5) is 0 Å². The summed E-state index contributed by atoms with van der Waals surface area (Å²) in [5, 5.41) is 0. The zero-order valence-corrected chi connectivity index (χ0v) is 14.9. The lowest BCUT2D eigenvalue weighted by Crippen LogP contribution is -2.10. The third-order valence-electron chi connectivity index (χ3n) is 3.41. The van der Waals surface area contributed by atoms with E-state index in [0.717, 1.165) is 19.3 Å². The van der Waals surface area contributed by atoms with Crippen molar-refractivity contribution in [3.05, 3.63) is 47.5 Å². The van der Waals surface area contributed by atoms with Crippen molar-refractivity contribution in [1.29, 1.82) is 0 Å². The molecule has 0 heterocycles. The van der Waals surface area contributed by atoms with Crippen LogP contribution in [0.1, 0.15) is 67.2 Å². The molecule has 0 aliphatic heterocycles. The van der Waals surface area contributed by atoms with Gasteiger partial charge in [-0.1, -0.05) is 39.0 Å². The number of hydrogen-bond acceptors (Lipinski definition) is 4. The van der Waals surface area contributed by atoms with Crippen LogP contribution in [0.5, 0.6) is 0 Å². The first-order valence-corrected chi connectivity index (χ1v) is 8.64. The van der Waals surface area contributed by atoms with E-state index >= 15 is 0 Å². The summed E-state index contributed by atoms with van der Waals surface area (Å²) in [6.07, 6.45) is 7.54. The molecule has 0 spiro atoms. The fourth-order valence-corrected chi connectivity index (χ4v) is 2.10. The van der Waals surface area contributed by atoms with E-state index in [1.165, 1.54) is 6.07 Å². The third-order valence-corrected chi connectivity index (χ3v) is 3.41. The Hall–Kier alpha value is -2.10. The van der Waals surface area contributed by atoms with E-state index in [4.69, 9.17) is 9.47 Å². The minimum Gasteiger partial charge on any atom is -0.462 e. The van der Waals surface area contributed by atoms with Crippen molar-refractivity contribution in [1.82, 2.24) is 0 Å². The highest BCUT2D eigenvalue weighted by Gasteiger charge is 2.12. The van der Waals surface area contributed by atoms with Crippen molar-refractivity contribution in [2.45, 2.75) is 46.5 Å². The summed E-state index contributed by atoms with van der Waals surface area (Å²) in [6.45, 7) is 7.05. The molecular formula is C20H28O4. The molecular weight excluding hydrogens is 304 g/mol. The van der Waals surface area contributed by atoms with Crippen LogP contribution in [0, 0.1) is 5.92 Å². The standard InChI is InChI=1S/C20H28O4/c1-4-5-6-7-13-23-19(21)17-11-8-12-18(15-17)20(22)24-14-9-10-16(2)3/h5-6,8,11-12,15-16H,4,7,9-10,13-14H2,1-3H3/b6-5+. The average Bonchev–Trinajstić information content (AvgIpc) is 2.58. The van der Waals surface area contributed by atoms with E-state index in [0.29, 0.717) is 36.7 Å². The number of ether oxygens (including phenoxy) is 2. The second-order valence-corrected chi connectivity index (χ2v) is 6.06. The molecule has 1 aromatic rings. The van der Waals surface area contributed by atoms with E-state index in [2.05, 4.69) is 20.8 Å². The zero-order chi connectivity index (χ0) is 17.8. The summed E-state index contributed by atoms with van der Waals surface area (Å²) in [5.74, 6) is -0.234. The minimum absolute atomic E-state index is 0.333. The Kier molecular flexibility index (Phi) is 9.51. The van der Waals surface area contributed by atoms with E-state index < -0.39 is 11.9 Å². The lowest BCUT2D eigenvalue weighted by molar-refractivity contribution is 0.0494. The van der Waals surface area contributed by atoms with Gasteiger partial charge in [0.1, 0.15) is 0 Å². The van der Waals surface area contributed by atoms with Gasteiger partial charge in [0.2, 0.25) is 0 Å². The minimum atomic E-state index is -0.422. The second kappa shape index (κ2) is 11.4. The fourth-order valence-electron chi connectivity index (χ4n) is 2.10. The highest BCUT2D eigenvalue weighted by molar-refractivity contribution is 5.95. The topological polar surface area (TPSA) is 52.6 Å². The maximum atomic E-state index is 12.0. The Morgan fingerprint density at radius 1 is 1.04 bits per heavy atom. The Morgan fingerprint density at radius 3 is 2.25 bits per heavy atom. The van der Waals surface area contributed by atoms with Crippen molar-refractivity contribution in [3.8, 4) is 0 Å². The molecule has 0 fully saturated rings. The lowest BCUT2D eigenvalue weighted by atomic mass is 10.1. The van der Waals surface area contributed by atoms with Gasteiger partial charge in [0.05, 0.1) is 24.3 Å². The molecule has 0 saturated carbocycles. The molecule has 0 saturated heterocycles. The van der Waals surface area contributed by atoms with Gasteiger partial charge in [-0.25, -0.2) is 9.59 Å². The van der Waals surface area contributed by atoms with Gasteiger partial charge in [-0.15, -0.1) is 0 Å². The molecule has 24 heavy (non-hydrogen) atoms. The second-order valence-electron chi connectivity index (χ2n) is 6.06. The van der Waals surface area contributed by atoms with Gasteiger partial charge in [-0.3, -0.25) is 0 Å². The van der Waals surface area contributed by atoms with Crippen molar-refractivity contribution >= 4 is 11.9 Å². The van der Waals surface area contributed by atoms with Gasteiger partial charge in [0.25, 0.3) is 0 Å². The summed E-state index contributed by atoms with van der Waals surface area (Å²) >= 11 is 0. The Bertz CT molecular complexity index is 546. The molecule has 0 N–H and O–H groups in total. The monoisotopic (exact) mass is 332 g/mol. The van der Waals surface area contributed by atoms with Gasteiger partial charge in [0.15, 0.2) is 0 Å². The number of benzene rings is 1. The highest BCUT2D eigenvalue weighted by Crippen LogP contribution is 2.10. The van der Waals surface area contributed by atoms with Crippen LogP contribution in [0.25, 0.3) is 0 Å². The molecule has 0 aliphatic rings. The third kappa shape index (κ3) is 7.95. The smallest absolute Gasteiger partial charge is 0.338 e. The average molecular weight is 332 g/mol. The van der Waals surface area contributed by atoms with Crippen LogP contribution >= 0.6 is 0 Å². The molecule has 4 nitrogen and oxygen atoms in total. The molecule has 1 aromatic carbocycles. The number of carbonyl (C=O) groups is 2. The molecule has 4 heteroatoms. The summed E-state index contributed by atoms with van der Waals surface area (Å²) in [5.41, 5.74) is 0.742. The van der Waals surface area contributed by atoms with Gasteiger partial charge < -0.3 is 9.47 Å². The van der Waals surface area contributed by atoms with E-state index in [-0.39, 0.29) is 0 Å². The fraction of sp³-hybridized carbons (Fsp3) is 0.500. The molecule has 132 valence electrons. The lowest BCUT2D eigenvalue weighted by Gasteiger charge is -2.08. The number of rotatable bonds is 10. The Labute approximate surface area is 144 Å². The Morgan fingerprint density at radius 2 is 1.67 bits per heavy atom. The maximum Gasteiger partial charge on any atom is 0.338 e. The first-order chi connectivity index (χ1) is 11.5. The zero-order valence-electron chi connectivity index (χ0n) is 14.9. The van der Waals surface area contributed by atoms with Crippen molar-refractivity contribution in [2.75, 3.05) is 13.2 Å². The van der Waals surface area contributed by atoms with Crippen molar-refractivity contribution in [2.24, 2.45) is 5.92 Å². The van der Waals surface area contributed by atoms with Crippen LogP contribution in [-0.4, -0.2) is 25.2 Å². The van der Waals surface area contributed by atoms with Gasteiger partial charge >= 0.3 is 11.9 Å². The summed E-state index contributed by atoms with van der Waals surface area (Å²) in [6, 6.07) is 6.47. The SMILES string of the molecule is CC/C=C/CCOC(=O)c1cccc(C(=O)OCCCC(C)C)c1. The molecule has 0 amide bonds. The van der Waals surface area contributed by atoms with Gasteiger partial charge in [0, 0.05) is 0 Å². The van der Waals surface area contributed by atoms with Crippen molar-refractivity contribution in [3.63, 3.8) is 0 Å². The number of hydrogen-bond donors (Lipinski definition) is 0. The van der Waals surface area contributed by atoms with Crippen LogP contribution in [-0.2, 0) is 9.47 Å². The summed E-state index contributed by atoms with van der Waals surface area (Å²) in [7, 11) is 0. The van der Waals surface area contributed by atoms with Gasteiger partial charge in [-0.2, -0.15) is 0 Å². The first kappa shape index (κ1) is 19.9. The Balaban J connectivity index is 2.48. The number of carbonyl (C=O) groups excluding carboxylic acids is 2. The van der Waals surface area contributed by atoms with Gasteiger partial charge in [-0.05, 0) is 49.8 Å². The molecule has 0 aliphatic carbocycles. The van der Waals surface area contributed by atoms with Crippen LogP contribution in [0.15, 0.2) is 36.4 Å². The predicted octanol–water partition coefficient (Wildman–Crippen LogP) is 4.79. The molecule has 0 atom stereocenters. The number of allylic oxidation sites excluding steroid dienone is 1. The predicted molar refractivity (Wildman–Crippen MR) is 95.1 cm³/mol. The molecule has 0 radical (unpaired) electrons. The van der Waals surface area contributed by atoms with Crippen LogP contribution in [0.2, 0.25) is 0 Å². The number of esters is 2. The first-order valence-electron chi connectivity index (χ1n) is 8.64. The largest absolute Gasteiger partial charge is 0.462 e.